The molecule has 2 heterocycles. The molecule has 8 nitrogen and oxygen atoms in total. The first-order valence-electron chi connectivity index (χ1n) is 10.6. The molecule has 8 heteroatoms. The second-order valence-electron chi connectivity index (χ2n) is 8.00. The van der Waals surface area contributed by atoms with Crippen LogP contribution in [-0.4, -0.2) is 52.3 Å². The van der Waals surface area contributed by atoms with Crippen molar-refractivity contribution in [2.75, 3.05) is 25.0 Å². The number of aromatic nitrogens is 2. The number of nitrogens with zero attached hydrogens (tertiary/aromatic N) is 4. The summed E-state index contributed by atoms with van der Waals surface area (Å²) in [6, 6.07) is 7.73. The Morgan fingerprint density at radius 1 is 1.30 bits per heavy atom. The number of urea groups is 1. The van der Waals surface area contributed by atoms with Crippen LogP contribution >= 0.6 is 0 Å². The van der Waals surface area contributed by atoms with E-state index in [1.54, 1.807) is 0 Å². The average Bonchev–Trinajstić information content (AvgIpc) is 3.34. The molecule has 1 fully saturated rings. The van der Waals surface area contributed by atoms with Gasteiger partial charge in [-0.3, -0.25) is 4.68 Å². The molecule has 0 radical (unpaired) electrons. The molecule has 3 N–H and O–H groups in total. The third-order valence-electron chi connectivity index (χ3n) is 5.06. The van der Waals surface area contributed by atoms with Crippen molar-refractivity contribution in [3.63, 3.8) is 0 Å². The van der Waals surface area contributed by atoms with Gasteiger partial charge in [-0.2, -0.15) is 5.10 Å². The van der Waals surface area contributed by atoms with E-state index in [1.165, 1.54) is 5.56 Å². The second kappa shape index (κ2) is 10.1. The smallest absolute Gasteiger partial charge is 0.319 e. The van der Waals surface area contributed by atoms with E-state index < -0.39 is 0 Å². The van der Waals surface area contributed by atoms with Crippen molar-refractivity contribution in [3.05, 3.63) is 47.8 Å². The predicted octanol–water partition coefficient (Wildman–Crippen LogP) is 2.91. The molecule has 1 aliphatic rings. The lowest BCUT2D eigenvalue weighted by Crippen LogP contribution is -2.40. The zero-order valence-corrected chi connectivity index (χ0v) is 18.4. The minimum Gasteiger partial charge on any atom is -0.357 e. The molecule has 1 unspecified atom stereocenters. The number of likely N-dealkylation sites (tertiary alicyclic amines) is 1. The molecule has 3 rings (SSSR count). The van der Waals surface area contributed by atoms with Crippen molar-refractivity contribution in [3.8, 4) is 0 Å². The molecular weight excluding hydrogens is 378 g/mol. The Morgan fingerprint density at radius 3 is 2.70 bits per heavy atom. The summed E-state index contributed by atoms with van der Waals surface area (Å²) in [5.41, 5.74) is 3.16. The van der Waals surface area contributed by atoms with Gasteiger partial charge in [0.25, 0.3) is 0 Å². The van der Waals surface area contributed by atoms with Crippen LogP contribution in [0.5, 0.6) is 0 Å². The number of nitrogens with one attached hydrogen (secondary N) is 3. The minimum absolute atomic E-state index is 0.103. The Balaban J connectivity index is 1.59. The number of guanidine groups is 1. The van der Waals surface area contributed by atoms with Gasteiger partial charge in [0.1, 0.15) is 0 Å². The SMILES string of the molecule is CCNC(=NCc1ccc(NC(=O)NC(C)C)cc1)N1CCC(c2cnn(C)c2)C1. The Hall–Kier alpha value is -3.03. The Kier molecular flexibility index (Phi) is 7.32. The Labute approximate surface area is 178 Å². The number of amides is 2. The van der Waals surface area contributed by atoms with E-state index in [0.29, 0.717) is 12.5 Å². The lowest BCUT2D eigenvalue weighted by molar-refractivity contribution is 0.250. The van der Waals surface area contributed by atoms with Crippen molar-refractivity contribution in [2.45, 2.75) is 45.7 Å². The maximum atomic E-state index is 11.8. The van der Waals surface area contributed by atoms with E-state index in [0.717, 1.165) is 43.3 Å². The van der Waals surface area contributed by atoms with Crippen LogP contribution in [0.25, 0.3) is 0 Å². The van der Waals surface area contributed by atoms with E-state index in [-0.39, 0.29) is 12.1 Å². The largest absolute Gasteiger partial charge is 0.357 e. The molecule has 1 aromatic heterocycles. The summed E-state index contributed by atoms with van der Waals surface area (Å²) in [5, 5.41) is 13.4. The minimum atomic E-state index is -0.192. The molecule has 1 aromatic carbocycles. The number of aliphatic imine (C=N–C) groups is 1. The first-order chi connectivity index (χ1) is 14.4. The number of carbonyl (C=O) groups is 1. The molecule has 2 aromatic rings. The van der Waals surface area contributed by atoms with Gasteiger partial charge in [-0.25, -0.2) is 9.79 Å². The van der Waals surface area contributed by atoms with Gasteiger partial charge in [-0.05, 0) is 50.5 Å². The normalized spacial score (nSPS) is 16.8. The highest BCUT2D eigenvalue weighted by molar-refractivity contribution is 5.89. The molecular formula is C22H33N7O. The predicted molar refractivity (Wildman–Crippen MR) is 121 cm³/mol. The maximum absolute atomic E-state index is 11.8. The summed E-state index contributed by atoms with van der Waals surface area (Å²) >= 11 is 0. The molecule has 30 heavy (non-hydrogen) atoms. The molecule has 0 saturated carbocycles. The van der Waals surface area contributed by atoms with E-state index in [9.17, 15) is 4.79 Å². The first-order valence-corrected chi connectivity index (χ1v) is 10.6. The molecule has 0 aliphatic carbocycles. The maximum Gasteiger partial charge on any atom is 0.319 e. The van der Waals surface area contributed by atoms with Crippen LogP contribution in [0.3, 0.4) is 0 Å². The van der Waals surface area contributed by atoms with Gasteiger partial charge in [0.2, 0.25) is 0 Å². The fraction of sp³-hybridized carbons (Fsp3) is 0.500. The lowest BCUT2D eigenvalue weighted by Gasteiger charge is -2.21. The summed E-state index contributed by atoms with van der Waals surface area (Å²) in [4.78, 5) is 19.0. The molecule has 1 atom stereocenters. The molecule has 2 amide bonds. The quantitative estimate of drug-likeness (QED) is 0.504. The van der Waals surface area contributed by atoms with Crippen LogP contribution in [0, 0.1) is 0 Å². The summed E-state index contributed by atoms with van der Waals surface area (Å²) in [5.74, 6) is 1.44. The second-order valence-corrected chi connectivity index (χ2v) is 8.00. The van der Waals surface area contributed by atoms with Crippen LogP contribution in [0.2, 0.25) is 0 Å². The van der Waals surface area contributed by atoms with Crippen molar-refractivity contribution < 1.29 is 4.79 Å². The zero-order valence-electron chi connectivity index (χ0n) is 18.4. The first kappa shape index (κ1) is 21.7. The average molecular weight is 412 g/mol. The van der Waals surface area contributed by atoms with Crippen molar-refractivity contribution in [1.29, 1.82) is 0 Å². The monoisotopic (exact) mass is 411 g/mol. The molecule has 0 bridgehead atoms. The number of anilines is 1. The van der Waals surface area contributed by atoms with Gasteiger partial charge in [-0.15, -0.1) is 0 Å². The highest BCUT2D eigenvalue weighted by Gasteiger charge is 2.26. The van der Waals surface area contributed by atoms with E-state index in [1.807, 2.05) is 56.0 Å². The number of benzene rings is 1. The van der Waals surface area contributed by atoms with Gasteiger partial charge < -0.3 is 20.9 Å². The molecule has 0 spiro atoms. The molecule has 1 saturated heterocycles. The van der Waals surface area contributed by atoms with Crippen LogP contribution in [-0.2, 0) is 13.6 Å². The van der Waals surface area contributed by atoms with Crippen LogP contribution in [0.1, 0.15) is 44.2 Å². The van der Waals surface area contributed by atoms with Crippen LogP contribution in [0.15, 0.2) is 41.7 Å². The summed E-state index contributed by atoms with van der Waals surface area (Å²) in [6.07, 6.45) is 5.18. The number of hydrogen-bond donors (Lipinski definition) is 3. The van der Waals surface area contributed by atoms with Gasteiger partial charge in [0.15, 0.2) is 5.96 Å². The van der Waals surface area contributed by atoms with Gasteiger partial charge in [0.05, 0.1) is 12.7 Å². The number of hydrogen-bond acceptors (Lipinski definition) is 3. The Bertz CT molecular complexity index is 857. The highest BCUT2D eigenvalue weighted by Crippen LogP contribution is 2.26. The standard InChI is InChI=1S/C22H33N7O/c1-5-23-21(29-11-10-18(15-29)19-13-25-28(4)14-19)24-12-17-6-8-20(9-7-17)27-22(30)26-16(2)3/h6-9,13-14,16,18H,5,10-12,15H2,1-4H3,(H,23,24)(H2,26,27,30). The zero-order chi connectivity index (χ0) is 21.5. The van der Waals surface area contributed by atoms with Crippen molar-refractivity contribution in [1.82, 2.24) is 25.3 Å². The highest BCUT2D eigenvalue weighted by atomic mass is 16.2. The fourth-order valence-corrected chi connectivity index (χ4v) is 3.59. The number of rotatable bonds is 6. The number of aryl methyl sites for hydroxylation is 1. The van der Waals surface area contributed by atoms with E-state index >= 15 is 0 Å². The van der Waals surface area contributed by atoms with Gasteiger partial charge in [-0.1, -0.05) is 12.1 Å². The van der Waals surface area contributed by atoms with Gasteiger partial charge >= 0.3 is 6.03 Å². The summed E-state index contributed by atoms with van der Waals surface area (Å²) < 4.78 is 1.86. The van der Waals surface area contributed by atoms with E-state index in [2.05, 4.69) is 39.1 Å². The van der Waals surface area contributed by atoms with Crippen LogP contribution in [0.4, 0.5) is 10.5 Å². The van der Waals surface area contributed by atoms with Crippen molar-refractivity contribution >= 4 is 17.7 Å². The topological polar surface area (TPSA) is 86.6 Å². The molecule has 1 aliphatic heterocycles. The van der Waals surface area contributed by atoms with Gasteiger partial charge in [0, 0.05) is 50.5 Å². The summed E-state index contributed by atoms with van der Waals surface area (Å²) in [7, 11) is 1.96. The number of carbonyl (C=O) groups excluding carboxylic acids is 1. The summed E-state index contributed by atoms with van der Waals surface area (Å²) in [6.45, 7) is 9.32. The van der Waals surface area contributed by atoms with Crippen LogP contribution < -0.4 is 16.0 Å². The lowest BCUT2D eigenvalue weighted by atomic mass is 10.0. The Morgan fingerprint density at radius 2 is 2.07 bits per heavy atom. The third kappa shape index (κ3) is 5.98. The van der Waals surface area contributed by atoms with Crippen molar-refractivity contribution in [2.24, 2.45) is 12.0 Å². The fourth-order valence-electron chi connectivity index (χ4n) is 3.59. The van der Waals surface area contributed by atoms with E-state index in [4.69, 9.17) is 4.99 Å². The third-order valence-corrected chi connectivity index (χ3v) is 5.06. The molecule has 162 valence electrons.